The first-order valence-electron chi connectivity index (χ1n) is 11.7. The van der Waals surface area contributed by atoms with Crippen LogP contribution in [0.2, 0.25) is 20.1 Å². The van der Waals surface area contributed by atoms with Crippen LogP contribution in [0.4, 0.5) is 11.4 Å². The molecule has 3 aromatic carbocycles. The third kappa shape index (κ3) is 8.05. The monoisotopic (exact) mass is 642 g/mol. The SMILES string of the molecule is CCCCOC(=O)c1ccc(NC(=O)CSc2ccc(NC(=O)c3c(Cl)c(Cl)c(Cl)c(Cl)c3C(=O)O)cc2)cc1. The molecular formula is C27H22Cl4N2O6S. The van der Waals surface area contributed by atoms with E-state index in [1.807, 2.05) is 6.92 Å². The van der Waals surface area contributed by atoms with Gasteiger partial charge in [-0.15, -0.1) is 11.8 Å². The van der Waals surface area contributed by atoms with Gasteiger partial charge in [-0.25, -0.2) is 9.59 Å². The number of halogens is 4. The third-order valence-corrected chi connectivity index (χ3v) is 8.14. The quantitative estimate of drug-likeness (QED) is 0.0637. The van der Waals surface area contributed by atoms with Crippen LogP contribution in [-0.4, -0.2) is 41.2 Å². The average Bonchev–Trinajstić information content (AvgIpc) is 2.93. The first-order valence-corrected chi connectivity index (χ1v) is 14.2. The number of thioether (sulfide) groups is 1. The standard InChI is InChI=1S/C27H22Cl4N2O6S/c1-2-3-12-39-27(38)14-4-6-15(7-5-14)32-18(34)13-40-17-10-8-16(9-11-17)33-25(35)19-20(26(36)37)22(29)24(31)23(30)21(19)28/h4-11H,2-3,12-13H2,1H3,(H,32,34)(H,33,35)(H,36,37). The number of hydrogen-bond acceptors (Lipinski definition) is 6. The smallest absolute Gasteiger partial charge is 0.338 e. The number of benzene rings is 3. The van der Waals surface area contributed by atoms with E-state index in [4.69, 9.17) is 51.1 Å². The molecule has 0 aliphatic heterocycles. The zero-order valence-corrected chi connectivity index (χ0v) is 24.7. The van der Waals surface area contributed by atoms with Crippen LogP contribution >= 0.6 is 58.2 Å². The minimum atomic E-state index is -1.50. The van der Waals surface area contributed by atoms with Crippen molar-refractivity contribution in [2.24, 2.45) is 0 Å². The summed E-state index contributed by atoms with van der Waals surface area (Å²) in [5.41, 5.74) is 0.278. The van der Waals surface area contributed by atoms with Crippen LogP contribution < -0.4 is 10.6 Å². The number of ether oxygens (including phenoxy) is 1. The molecule has 13 heteroatoms. The van der Waals surface area contributed by atoms with Gasteiger partial charge in [0.15, 0.2) is 0 Å². The number of carboxylic acids is 1. The predicted octanol–water partition coefficient (Wildman–Crippen LogP) is 7.94. The van der Waals surface area contributed by atoms with Crippen LogP contribution in [0.1, 0.15) is 50.8 Å². The number of rotatable bonds is 11. The molecule has 0 aromatic heterocycles. The molecule has 0 fully saturated rings. The van der Waals surface area contributed by atoms with Gasteiger partial charge in [0, 0.05) is 16.3 Å². The molecule has 40 heavy (non-hydrogen) atoms. The Kier molecular flexibility index (Phi) is 11.5. The van der Waals surface area contributed by atoms with Crippen LogP contribution in [0.3, 0.4) is 0 Å². The van der Waals surface area contributed by atoms with E-state index >= 15 is 0 Å². The van der Waals surface area contributed by atoms with E-state index in [1.54, 1.807) is 48.5 Å². The summed E-state index contributed by atoms with van der Waals surface area (Å²) >= 11 is 25.3. The van der Waals surface area contributed by atoms with Gasteiger partial charge in [-0.05, 0) is 55.0 Å². The molecule has 0 aliphatic rings. The highest BCUT2D eigenvalue weighted by Gasteiger charge is 2.29. The molecule has 3 aromatic rings. The van der Waals surface area contributed by atoms with Crippen LogP contribution in [-0.2, 0) is 9.53 Å². The summed E-state index contributed by atoms with van der Waals surface area (Å²) in [6.07, 6.45) is 1.73. The van der Waals surface area contributed by atoms with E-state index in [9.17, 15) is 24.3 Å². The number of anilines is 2. The van der Waals surface area contributed by atoms with Crippen molar-refractivity contribution < 1.29 is 29.0 Å². The third-order valence-electron chi connectivity index (χ3n) is 5.33. The summed E-state index contributed by atoms with van der Waals surface area (Å²) in [6, 6.07) is 12.9. The number of nitrogens with one attached hydrogen (secondary N) is 2. The lowest BCUT2D eigenvalue weighted by atomic mass is 10.1. The van der Waals surface area contributed by atoms with Gasteiger partial charge in [-0.2, -0.15) is 0 Å². The molecule has 8 nitrogen and oxygen atoms in total. The van der Waals surface area contributed by atoms with E-state index in [0.29, 0.717) is 23.5 Å². The van der Waals surface area contributed by atoms with Crippen molar-refractivity contribution in [1.82, 2.24) is 0 Å². The fourth-order valence-corrected chi connectivity index (χ4v) is 5.02. The minimum Gasteiger partial charge on any atom is -0.478 e. The van der Waals surface area contributed by atoms with Gasteiger partial charge in [-0.3, -0.25) is 9.59 Å². The number of esters is 1. The zero-order chi connectivity index (χ0) is 29.4. The molecule has 0 radical (unpaired) electrons. The summed E-state index contributed by atoms with van der Waals surface area (Å²) in [5.74, 6) is -2.91. The topological polar surface area (TPSA) is 122 Å². The molecule has 0 saturated heterocycles. The highest BCUT2D eigenvalue weighted by molar-refractivity contribution is 8.00. The second-order valence-corrected chi connectivity index (χ2v) is 10.8. The molecule has 0 bridgehead atoms. The van der Waals surface area contributed by atoms with Gasteiger partial charge in [0.1, 0.15) is 0 Å². The van der Waals surface area contributed by atoms with Gasteiger partial charge in [0.2, 0.25) is 5.91 Å². The Bertz CT molecular complexity index is 1430. The fourth-order valence-electron chi connectivity index (χ4n) is 3.30. The predicted molar refractivity (Wildman–Crippen MR) is 159 cm³/mol. The molecule has 210 valence electrons. The van der Waals surface area contributed by atoms with E-state index in [2.05, 4.69) is 10.6 Å². The van der Waals surface area contributed by atoms with E-state index < -0.39 is 34.0 Å². The van der Waals surface area contributed by atoms with Gasteiger partial charge in [-0.1, -0.05) is 59.7 Å². The number of carboxylic acid groups (broad SMARTS) is 1. The van der Waals surface area contributed by atoms with Crippen molar-refractivity contribution in [3.05, 3.63) is 85.3 Å². The second-order valence-electron chi connectivity index (χ2n) is 8.19. The highest BCUT2D eigenvalue weighted by Crippen LogP contribution is 2.41. The molecule has 0 heterocycles. The average molecular weight is 644 g/mol. The summed E-state index contributed by atoms with van der Waals surface area (Å²) < 4.78 is 5.16. The normalized spacial score (nSPS) is 10.6. The van der Waals surface area contributed by atoms with E-state index in [1.165, 1.54) is 11.8 Å². The largest absolute Gasteiger partial charge is 0.478 e. The van der Waals surface area contributed by atoms with Crippen molar-refractivity contribution in [2.45, 2.75) is 24.7 Å². The summed E-state index contributed by atoms with van der Waals surface area (Å²) in [5, 5.41) is 13.6. The van der Waals surface area contributed by atoms with Crippen LogP contribution in [0.5, 0.6) is 0 Å². The van der Waals surface area contributed by atoms with Crippen LogP contribution in [0.15, 0.2) is 53.4 Å². The second kappa shape index (κ2) is 14.6. The Balaban J connectivity index is 1.57. The molecule has 0 aliphatic carbocycles. The molecule has 3 N–H and O–H groups in total. The van der Waals surface area contributed by atoms with Gasteiger partial charge in [0.25, 0.3) is 5.91 Å². The van der Waals surface area contributed by atoms with Gasteiger partial charge in [0.05, 0.1) is 49.1 Å². The fraction of sp³-hybridized carbons (Fsp3) is 0.185. The molecular weight excluding hydrogens is 622 g/mol. The Morgan fingerprint density at radius 2 is 1.35 bits per heavy atom. The Morgan fingerprint density at radius 3 is 1.93 bits per heavy atom. The number of unbranched alkanes of at least 4 members (excludes halogenated alkanes) is 1. The highest BCUT2D eigenvalue weighted by atomic mass is 35.5. The lowest BCUT2D eigenvalue weighted by Gasteiger charge is -2.14. The van der Waals surface area contributed by atoms with Crippen molar-refractivity contribution in [1.29, 1.82) is 0 Å². The molecule has 3 rings (SSSR count). The Hall–Kier alpha value is -2.95. The van der Waals surface area contributed by atoms with E-state index in [0.717, 1.165) is 17.7 Å². The molecule has 0 saturated carbocycles. The number of carbonyl (C=O) groups excluding carboxylic acids is 3. The van der Waals surface area contributed by atoms with Crippen molar-refractivity contribution in [3.8, 4) is 0 Å². The van der Waals surface area contributed by atoms with E-state index in [-0.39, 0.29) is 26.7 Å². The summed E-state index contributed by atoms with van der Waals surface area (Å²) in [6.45, 7) is 2.37. The summed E-state index contributed by atoms with van der Waals surface area (Å²) in [4.78, 5) is 49.7. The minimum absolute atomic E-state index is 0.103. The molecule has 2 amide bonds. The van der Waals surface area contributed by atoms with Crippen molar-refractivity contribution >= 4 is 93.3 Å². The van der Waals surface area contributed by atoms with Crippen LogP contribution in [0, 0.1) is 0 Å². The van der Waals surface area contributed by atoms with Crippen LogP contribution in [0.25, 0.3) is 0 Å². The number of aromatic carboxylic acids is 1. The first kappa shape index (κ1) is 31.6. The maximum atomic E-state index is 12.9. The van der Waals surface area contributed by atoms with Gasteiger partial charge >= 0.3 is 11.9 Å². The zero-order valence-electron chi connectivity index (χ0n) is 20.9. The van der Waals surface area contributed by atoms with Crippen molar-refractivity contribution in [3.63, 3.8) is 0 Å². The lowest BCUT2D eigenvalue weighted by molar-refractivity contribution is -0.113. The lowest BCUT2D eigenvalue weighted by Crippen LogP contribution is -2.18. The maximum Gasteiger partial charge on any atom is 0.338 e. The molecule has 0 spiro atoms. The number of amides is 2. The maximum absolute atomic E-state index is 12.9. The first-order chi connectivity index (χ1) is 19.0. The molecule has 0 atom stereocenters. The molecule has 0 unspecified atom stereocenters. The van der Waals surface area contributed by atoms with Gasteiger partial charge < -0.3 is 20.5 Å². The van der Waals surface area contributed by atoms with Crippen molar-refractivity contribution in [2.75, 3.05) is 23.0 Å². The number of hydrogen-bond donors (Lipinski definition) is 3. The Morgan fingerprint density at radius 1 is 0.800 bits per heavy atom. The Labute approximate surface area is 254 Å². The summed E-state index contributed by atoms with van der Waals surface area (Å²) in [7, 11) is 0. The number of carbonyl (C=O) groups is 4.